The minimum atomic E-state index is -4.77. The summed E-state index contributed by atoms with van der Waals surface area (Å²) in [6, 6.07) is 0.362. The van der Waals surface area contributed by atoms with E-state index in [0.29, 0.717) is 12.8 Å². The Labute approximate surface area is 135 Å². The van der Waals surface area contributed by atoms with E-state index in [9.17, 15) is 27.2 Å². The zero-order valence-corrected chi connectivity index (χ0v) is 12.5. The molecule has 0 radical (unpaired) electrons. The third kappa shape index (κ3) is 4.36. The van der Waals surface area contributed by atoms with Gasteiger partial charge in [0.15, 0.2) is 6.04 Å². The Morgan fingerprint density at radius 2 is 1.88 bits per heavy atom. The maximum absolute atomic E-state index is 13.2. The zero-order valence-electron chi connectivity index (χ0n) is 12.5. The van der Waals surface area contributed by atoms with Gasteiger partial charge in [-0.1, -0.05) is 12.1 Å². The third-order valence-electron chi connectivity index (χ3n) is 3.86. The standard InChI is InChI=1S/C15H16F4N2O3/c16-11-5-3-9(4-6-11)12(15(17,18)19)20-14(24)21-7-1-2-10(8-21)13(22)23/h3-6,10,12H,1-2,7-8H2,(H,20,24)(H,22,23)/t10?,12-/m1/s1. The predicted octanol–water partition coefficient (Wildman–Crippen LogP) is 2.94. The number of halogens is 4. The molecule has 1 unspecified atom stereocenters. The molecule has 0 saturated carbocycles. The Kier molecular flexibility index (Phi) is 5.30. The Balaban J connectivity index is 2.13. The molecule has 132 valence electrons. The van der Waals surface area contributed by atoms with Crippen molar-refractivity contribution in [2.24, 2.45) is 5.92 Å². The van der Waals surface area contributed by atoms with E-state index in [2.05, 4.69) is 0 Å². The highest BCUT2D eigenvalue weighted by Gasteiger charge is 2.43. The van der Waals surface area contributed by atoms with Crippen LogP contribution in [0.3, 0.4) is 0 Å². The fraction of sp³-hybridized carbons (Fsp3) is 0.467. The number of nitrogens with zero attached hydrogens (tertiary/aromatic N) is 1. The van der Waals surface area contributed by atoms with E-state index in [1.807, 2.05) is 5.32 Å². The van der Waals surface area contributed by atoms with Gasteiger partial charge in [-0.05, 0) is 30.5 Å². The van der Waals surface area contributed by atoms with Crippen molar-refractivity contribution in [2.45, 2.75) is 25.1 Å². The van der Waals surface area contributed by atoms with Crippen LogP contribution in [-0.4, -0.2) is 41.3 Å². The summed E-state index contributed by atoms with van der Waals surface area (Å²) in [7, 11) is 0. The van der Waals surface area contributed by atoms with Crippen LogP contribution in [0.4, 0.5) is 22.4 Å². The number of rotatable bonds is 3. The number of aliphatic carboxylic acids is 1. The van der Waals surface area contributed by atoms with Crippen molar-refractivity contribution in [2.75, 3.05) is 13.1 Å². The SMILES string of the molecule is O=C(O)C1CCCN(C(=O)N[C@H](c2ccc(F)cc2)C(F)(F)F)C1. The molecule has 0 aromatic heterocycles. The van der Waals surface area contributed by atoms with Gasteiger partial charge < -0.3 is 15.3 Å². The molecule has 0 spiro atoms. The molecule has 1 heterocycles. The van der Waals surface area contributed by atoms with Gasteiger partial charge in [-0.3, -0.25) is 4.79 Å². The Morgan fingerprint density at radius 3 is 2.42 bits per heavy atom. The molecule has 9 heteroatoms. The predicted molar refractivity (Wildman–Crippen MR) is 75.7 cm³/mol. The van der Waals surface area contributed by atoms with Gasteiger partial charge in [-0.2, -0.15) is 13.2 Å². The largest absolute Gasteiger partial charge is 0.481 e. The molecule has 2 rings (SSSR count). The lowest BCUT2D eigenvalue weighted by Gasteiger charge is -2.32. The molecule has 1 fully saturated rings. The van der Waals surface area contributed by atoms with Gasteiger partial charge in [-0.15, -0.1) is 0 Å². The van der Waals surface area contributed by atoms with Gasteiger partial charge in [0.2, 0.25) is 0 Å². The highest BCUT2D eigenvalue weighted by Crippen LogP contribution is 2.33. The number of urea groups is 1. The number of likely N-dealkylation sites (tertiary alicyclic amines) is 1. The van der Waals surface area contributed by atoms with Gasteiger partial charge >= 0.3 is 18.2 Å². The molecule has 1 aromatic carbocycles. The second-order valence-electron chi connectivity index (χ2n) is 5.60. The number of piperidine rings is 1. The number of carboxylic acids is 1. The number of amides is 2. The lowest BCUT2D eigenvalue weighted by Crippen LogP contribution is -2.50. The average molecular weight is 348 g/mol. The topological polar surface area (TPSA) is 69.6 Å². The number of alkyl halides is 3. The molecule has 1 aliphatic heterocycles. The average Bonchev–Trinajstić information content (AvgIpc) is 2.52. The molecular formula is C15H16F4N2O3. The van der Waals surface area contributed by atoms with Crippen molar-refractivity contribution in [3.8, 4) is 0 Å². The summed E-state index contributed by atoms with van der Waals surface area (Å²) < 4.78 is 52.5. The van der Waals surface area contributed by atoms with Crippen molar-refractivity contribution in [1.29, 1.82) is 0 Å². The summed E-state index contributed by atoms with van der Waals surface area (Å²) in [5, 5.41) is 10.8. The highest BCUT2D eigenvalue weighted by molar-refractivity contribution is 5.77. The molecule has 0 aliphatic carbocycles. The van der Waals surface area contributed by atoms with E-state index in [1.54, 1.807) is 0 Å². The van der Waals surface area contributed by atoms with Crippen molar-refractivity contribution in [3.05, 3.63) is 35.6 Å². The van der Waals surface area contributed by atoms with Crippen LogP contribution >= 0.6 is 0 Å². The van der Waals surface area contributed by atoms with Crippen molar-refractivity contribution in [1.82, 2.24) is 10.2 Å². The Hall–Kier alpha value is -2.32. The number of carboxylic acid groups (broad SMARTS) is 1. The van der Waals surface area contributed by atoms with Crippen LogP contribution in [0.5, 0.6) is 0 Å². The normalized spacial score (nSPS) is 19.7. The number of nitrogens with one attached hydrogen (secondary N) is 1. The Morgan fingerprint density at radius 1 is 1.25 bits per heavy atom. The summed E-state index contributed by atoms with van der Waals surface area (Å²) in [6.07, 6.45) is -3.99. The fourth-order valence-electron chi connectivity index (χ4n) is 2.59. The molecule has 24 heavy (non-hydrogen) atoms. The van der Waals surface area contributed by atoms with Gasteiger partial charge in [0.1, 0.15) is 5.82 Å². The summed E-state index contributed by atoms with van der Waals surface area (Å²) in [6.45, 7) is 0.0404. The lowest BCUT2D eigenvalue weighted by molar-refractivity contribution is -0.155. The third-order valence-corrected chi connectivity index (χ3v) is 3.86. The lowest BCUT2D eigenvalue weighted by atomic mass is 9.98. The Bertz CT molecular complexity index is 604. The number of carbonyl (C=O) groups is 2. The van der Waals surface area contributed by atoms with E-state index >= 15 is 0 Å². The van der Waals surface area contributed by atoms with Gasteiger partial charge in [0, 0.05) is 13.1 Å². The van der Waals surface area contributed by atoms with Crippen molar-refractivity contribution in [3.63, 3.8) is 0 Å². The second kappa shape index (κ2) is 7.06. The molecule has 2 atom stereocenters. The van der Waals surface area contributed by atoms with Crippen LogP contribution in [0.2, 0.25) is 0 Å². The smallest absolute Gasteiger partial charge is 0.412 e. The van der Waals surface area contributed by atoms with Crippen LogP contribution < -0.4 is 5.32 Å². The molecular weight excluding hydrogens is 332 g/mol. The summed E-state index contributed by atoms with van der Waals surface area (Å²) in [4.78, 5) is 24.2. The van der Waals surface area contributed by atoms with Crippen LogP contribution in [0.1, 0.15) is 24.4 Å². The van der Waals surface area contributed by atoms with E-state index in [4.69, 9.17) is 5.11 Å². The van der Waals surface area contributed by atoms with E-state index < -0.39 is 36.0 Å². The van der Waals surface area contributed by atoms with Crippen molar-refractivity contribution >= 4 is 12.0 Å². The van der Waals surface area contributed by atoms with Gasteiger partial charge in [0.05, 0.1) is 5.92 Å². The minimum absolute atomic E-state index is 0.144. The monoisotopic (exact) mass is 348 g/mol. The van der Waals surface area contributed by atoms with Crippen LogP contribution in [-0.2, 0) is 4.79 Å². The molecule has 2 N–H and O–H groups in total. The molecule has 1 aromatic rings. The molecule has 1 aliphatic rings. The summed E-state index contributed by atoms with van der Waals surface area (Å²) in [5.41, 5.74) is -0.302. The first-order chi connectivity index (χ1) is 11.2. The van der Waals surface area contributed by atoms with E-state index in [-0.39, 0.29) is 18.7 Å². The van der Waals surface area contributed by atoms with Crippen LogP contribution in [0, 0.1) is 11.7 Å². The minimum Gasteiger partial charge on any atom is -0.481 e. The van der Waals surface area contributed by atoms with E-state index in [0.717, 1.165) is 29.2 Å². The zero-order chi connectivity index (χ0) is 17.9. The van der Waals surface area contributed by atoms with Crippen LogP contribution in [0.15, 0.2) is 24.3 Å². The van der Waals surface area contributed by atoms with Gasteiger partial charge in [0.25, 0.3) is 0 Å². The number of hydrogen-bond acceptors (Lipinski definition) is 2. The molecule has 1 saturated heterocycles. The van der Waals surface area contributed by atoms with Crippen LogP contribution in [0.25, 0.3) is 0 Å². The fourth-order valence-corrected chi connectivity index (χ4v) is 2.59. The summed E-state index contributed by atoms with van der Waals surface area (Å²) >= 11 is 0. The van der Waals surface area contributed by atoms with Gasteiger partial charge in [-0.25, -0.2) is 9.18 Å². The summed E-state index contributed by atoms with van der Waals surface area (Å²) in [5.74, 6) is -2.57. The highest BCUT2D eigenvalue weighted by atomic mass is 19.4. The second-order valence-corrected chi connectivity index (χ2v) is 5.60. The molecule has 2 amide bonds. The first-order valence-electron chi connectivity index (χ1n) is 7.29. The first-order valence-corrected chi connectivity index (χ1v) is 7.29. The number of benzene rings is 1. The van der Waals surface area contributed by atoms with E-state index in [1.165, 1.54) is 0 Å². The number of carbonyl (C=O) groups excluding carboxylic acids is 1. The quantitative estimate of drug-likeness (QED) is 0.825. The molecule has 5 nitrogen and oxygen atoms in total. The number of hydrogen-bond donors (Lipinski definition) is 2. The van der Waals surface area contributed by atoms with Crippen molar-refractivity contribution < 1.29 is 32.3 Å². The maximum atomic E-state index is 13.2. The first kappa shape index (κ1) is 18.0. The molecule has 0 bridgehead atoms. The maximum Gasteiger partial charge on any atom is 0.412 e.